The minimum Gasteiger partial charge on any atom is -0.507 e. The van der Waals surface area contributed by atoms with Gasteiger partial charge in [-0.2, -0.15) is 0 Å². The van der Waals surface area contributed by atoms with E-state index in [2.05, 4.69) is 4.98 Å². The topological polar surface area (TPSA) is 50.2 Å². The molecule has 0 saturated carbocycles. The van der Waals surface area contributed by atoms with Gasteiger partial charge in [0, 0.05) is 18.0 Å². The van der Waals surface area contributed by atoms with Crippen molar-refractivity contribution in [2.24, 2.45) is 0 Å². The van der Waals surface area contributed by atoms with Crippen molar-refractivity contribution in [3.8, 4) is 5.75 Å². The first-order valence-electron chi connectivity index (χ1n) is 5.08. The molecule has 3 heteroatoms. The van der Waals surface area contributed by atoms with Gasteiger partial charge in [0.15, 0.2) is 5.78 Å². The second-order valence-corrected chi connectivity index (χ2v) is 3.79. The van der Waals surface area contributed by atoms with Crippen molar-refractivity contribution in [1.82, 2.24) is 4.98 Å². The van der Waals surface area contributed by atoms with E-state index < -0.39 is 0 Å². The maximum atomic E-state index is 11.8. The lowest BCUT2D eigenvalue weighted by molar-refractivity contribution is 0.0996. The Balaban J connectivity index is 2.48. The SMILES string of the molecule is O=C1CC=Cc2ncc3c(O)cccc3c21. The van der Waals surface area contributed by atoms with Crippen LogP contribution in [0.1, 0.15) is 22.5 Å². The minimum atomic E-state index is 0.0567. The number of benzene rings is 1. The van der Waals surface area contributed by atoms with E-state index in [1.807, 2.05) is 18.2 Å². The van der Waals surface area contributed by atoms with Gasteiger partial charge in [-0.15, -0.1) is 0 Å². The highest BCUT2D eigenvalue weighted by molar-refractivity contribution is 6.13. The maximum absolute atomic E-state index is 11.8. The number of rotatable bonds is 0. The zero-order valence-electron chi connectivity index (χ0n) is 8.47. The number of allylic oxidation sites excluding steroid dienone is 1. The Morgan fingerprint density at radius 2 is 2.12 bits per heavy atom. The van der Waals surface area contributed by atoms with Gasteiger partial charge < -0.3 is 5.11 Å². The van der Waals surface area contributed by atoms with Crippen LogP contribution in [-0.4, -0.2) is 15.9 Å². The van der Waals surface area contributed by atoms with E-state index in [0.29, 0.717) is 23.1 Å². The van der Waals surface area contributed by atoms with Crippen molar-refractivity contribution in [2.75, 3.05) is 0 Å². The molecule has 1 aliphatic carbocycles. The summed E-state index contributed by atoms with van der Waals surface area (Å²) >= 11 is 0. The first-order chi connectivity index (χ1) is 7.77. The summed E-state index contributed by atoms with van der Waals surface area (Å²) in [7, 11) is 0. The molecule has 1 N–H and O–H groups in total. The molecule has 1 aromatic heterocycles. The molecule has 1 aliphatic rings. The number of hydrogen-bond donors (Lipinski definition) is 1. The number of phenols is 1. The Hall–Kier alpha value is -2.16. The van der Waals surface area contributed by atoms with E-state index in [1.54, 1.807) is 18.3 Å². The van der Waals surface area contributed by atoms with Gasteiger partial charge in [0.1, 0.15) is 5.75 Å². The predicted octanol–water partition coefficient (Wildman–Crippen LogP) is 2.54. The van der Waals surface area contributed by atoms with Gasteiger partial charge in [-0.1, -0.05) is 18.2 Å². The van der Waals surface area contributed by atoms with E-state index in [-0.39, 0.29) is 11.5 Å². The number of carbonyl (C=O) groups excluding carboxylic acids is 1. The summed E-state index contributed by atoms with van der Waals surface area (Å²) in [6.45, 7) is 0. The summed E-state index contributed by atoms with van der Waals surface area (Å²) in [4.78, 5) is 16.0. The standard InChI is InChI=1S/C13H9NO2/c15-11-5-1-3-8-9(11)7-14-10-4-2-6-12(16)13(8)10/h1-5,7,15H,6H2. The highest BCUT2D eigenvalue weighted by atomic mass is 16.3. The molecule has 0 amide bonds. The molecule has 16 heavy (non-hydrogen) atoms. The molecular weight excluding hydrogens is 202 g/mol. The number of carbonyl (C=O) groups is 1. The molecule has 0 atom stereocenters. The number of ketones is 1. The van der Waals surface area contributed by atoms with Gasteiger partial charge in [0.25, 0.3) is 0 Å². The molecule has 0 bridgehead atoms. The lowest BCUT2D eigenvalue weighted by Crippen LogP contribution is -2.06. The number of Topliss-reactive ketones (excluding diaryl/α,β-unsaturated/α-hetero) is 1. The van der Waals surface area contributed by atoms with Crippen molar-refractivity contribution in [3.05, 3.63) is 41.7 Å². The lowest BCUT2D eigenvalue weighted by atomic mass is 9.95. The molecular formula is C13H9NO2. The van der Waals surface area contributed by atoms with Crippen LogP contribution in [0.4, 0.5) is 0 Å². The monoisotopic (exact) mass is 211 g/mol. The summed E-state index contributed by atoms with van der Waals surface area (Å²) in [5.41, 5.74) is 1.31. The zero-order chi connectivity index (χ0) is 11.1. The fourth-order valence-electron chi connectivity index (χ4n) is 2.04. The highest BCUT2D eigenvalue weighted by Gasteiger charge is 2.18. The van der Waals surface area contributed by atoms with Gasteiger partial charge in [0.05, 0.1) is 11.3 Å². The third kappa shape index (κ3) is 1.15. The molecule has 2 aromatic rings. The third-order valence-electron chi connectivity index (χ3n) is 2.80. The van der Waals surface area contributed by atoms with Gasteiger partial charge in [-0.25, -0.2) is 0 Å². The highest BCUT2D eigenvalue weighted by Crippen LogP contribution is 2.30. The van der Waals surface area contributed by atoms with Crippen molar-refractivity contribution < 1.29 is 9.90 Å². The van der Waals surface area contributed by atoms with E-state index in [0.717, 1.165) is 5.39 Å². The van der Waals surface area contributed by atoms with E-state index in [4.69, 9.17) is 0 Å². The first-order valence-corrected chi connectivity index (χ1v) is 5.08. The van der Waals surface area contributed by atoms with Crippen molar-refractivity contribution >= 4 is 22.6 Å². The molecule has 1 heterocycles. The van der Waals surface area contributed by atoms with Crippen LogP contribution in [0.25, 0.3) is 16.8 Å². The lowest BCUT2D eigenvalue weighted by Gasteiger charge is -2.11. The average molecular weight is 211 g/mol. The van der Waals surface area contributed by atoms with Gasteiger partial charge in [-0.05, 0) is 17.5 Å². The van der Waals surface area contributed by atoms with Crippen molar-refractivity contribution in [3.63, 3.8) is 0 Å². The normalized spacial score (nSPS) is 14.1. The molecule has 0 aliphatic heterocycles. The number of nitrogens with zero attached hydrogens (tertiary/aromatic N) is 1. The average Bonchev–Trinajstić information content (AvgIpc) is 2.29. The van der Waals surface area contributed by atoms with Crippen LogP contribution in [0.2, 0.25) is 0 Å². The second kappa shape index (κ2) is 3.17. The number of phenolic OH excluding ortho intramolecular Hbond substituents is 1. The number of hydrogen-bond acceptors (Lipinski definition) is 3. The summed E-state index contributed by atoms with van der Waals surface area (Å²) in [6.07, 6.45) is 5.67. The smallest absolute Gasteiger partial charge is 0.169 e. The Morgan fingerprint density at radius 3 is 3.00 bits per heavy atom. The van der Waals surface area contributed by atoms with E-state index >= 15 is 0 Å². The Morgan fingerprint density at radius 1 is 1.25 bits per heavy atom. The number of aromatic hydroxyl groups is 1. The van der Waals surface area contributed by atoms with Crippen LogP contribution in [0.15, 0.2) is 30.5 Å². The van der Waals surface area contributed by atoms with Crippen molar-refractivity contribution in [2.45, 2.75) is 6.42 Å². The molecule has 0 unspecified atom stereocenters. The van der Waals surface area contributed by atoms with Crippen LogP contribution in [0.5, 0.6) is 5.75 Å². The molecule has 1 aromatic carbocycles. The molecule has 0 radical (unpaired) electrons. The Kier molecular flexibility index (Phi) is 1.80. The molecule has 0 spiro atoms. The quantitative estimate of drug-likeness (QED) is 0.728. The largest absolute Gasteiger partial charge is 0.507 e. The van der Waals surface area contributed by atoms with Gasteiger partial charge >= 0.3 is 0 Å². The number of fused-ring (bicyclic) bond motifs is 3. The predicted molar refractivity (Wildman–Crippen MR) is 61.4 cm³/mol. The van der Waals surface area contributed by atoms with Gasteiger partial charge in [0.2, 0.25) is 0 Å². The Bertz CT molecular complexity index is 629. The fraction of sp³-hybridized carbons (Fsp3) is 0.0769. The third-order valence-corrected chi connectivity index (χ3v) is 2.80. The molecule has 0 fully saturated rings. The molecule has 3 nitrogen and oxygen atoms in total. The van der Waals surface area contributed by atoms with Gasteiger partial charge in [-0.3, -0.25) is 9.78 Å². The van der Waals surface area contributed by atoms with Crippen LogP contribution in [0.3, 0.4) is 0 Å². The minimum absolute atomic E-state index is 0.0567. The summed E-state index contributed by atoms with van der Waals surface area (Å²) in [5.74, 6) is 0.219. The fourth-order valence-corrected chi connectivity index (χ4v) is 2.04. The van der Waals surface area contributed by atoms with Crippen LogP contribution >= 0.6 is 0 Å². The maximum Gasteiger partial charge on any atom is 0.169 e. The van der Waals surface area contributed by atoms with Crippen LogP contribution < -0.4 is 0 Å². The second-order valence-electron chi connectivity index (χ2n) is 3.79. The van der Waals surface area contributed by atoms with Crippen LogP contribution in [-0.2, 0) is 0 Å². The van der Waals surface area contributed by atoms with Crippen molar-refractivity contribution in [1.29, 1.82) is 0 Å². The Labute approximate surface area is 92.1 Å². The number of aromatic nitrogens is 1. The summed E-state index contributed by atoms with van der Waals surface area (Å²) in [6, 6.07) is 5.18. The van der Waals surface area contributed by atoms with E-state index in [9.17, 15) is 9.90 Å². The number of pyridine rings is 1. The zero-order valence-corrected chi connectivity index (χ0v) is 8.47. The molecule has 0 saturated heterocycles. The summed E-state index contributed by atoms with van der Waals surface area (Å²) in [5, 5.41) is 11.1. The van der Waals surface area contributed by atoms with Crippen LogP contribution in [0, 0.1) is 0 Å². The first kappa shape index (κ1) is 9.09. The summed E-state index contributed by atoms with van der Waals surface area (Å²) < 4.78 is 0. The molecule has 78 valence electrons. The van der Waals surface area contributed by atoms with E-state index in [1.165, 1.54) is 0 Å². The molecule has 3 rings (SSSR count).